The Morgan fingerprint density at radius 2 is 0.929 bits per heavy atom. The fourth-order valence-corrected chi connectivity index (χ4v) is 1.88. The zero-order chi connectivity index (χ0) is 21.3. The molecule has 0 bridgehead atoms. The van der Waals surface area contributed by atoms with Crippen LogP contribution in [0.2, 0.25) is 0 Å². The second kappa shape index (κ2) is 15.4. The summed E-state index contributed by atoms with van der Waals surface area (Å²) in [6.45, 7) is -1.35. The van der Waals surface area contributed by atoms with Crippen molar-refractivity contribution >= 4 is 17.7 Å². The van der Waals surface area contributed by atoms with Crippen LogP contribution in [0.5, 0.6) is 0 Å². The van der Waals surface area contributed by atoms with E-state index in [1.54, 1.807) is 0 Å². The van der Waals surface area contributed by atoms with Gasteiger partial charge in [-0.05, 0) is 0 Å². The summed E-state index contributed by atoms with van der Waals surface area (Å²) in [5.41, 5.74) is -1.14. The van der Waals surface area contributed by atoms with E-state index in [0.717, 1.165) is 0 Å². The maximum Gasteiger partial charge on any atom is 0.288 e. The molecule has 0 atom stereocenters. The number of rotatable bonds is 17. The first kappa shape index (κ1) is 25.3. The molecule has 156 valence electrons. The lowest BCUT2D eigenvalue weighted by Crippen LogP contribution is -2.40. The van der Waals surface area contributed by atoms with Crippen molar-refractivity contribution < 1.29 is 28.6 Å². The average molecular weight is 404 g/mol. The zero-order valence-electron chi connectivity index (χ0n) is 14.9. The van der Waals surface area contributed by atoms with Crippen molar-refractivity contribution in [3.63, 3.8) is 0 Å². The average Bonchev–Trinajstić information content (AvgIpc) is 2.71. The van der Waals surface area contributed by atoms with Gasteiger partial charge in [0.05, 0.1) is 70.9 Å². The van der Waals surface area contributed by atoms with E-state index < -0.39 is 23.1 Å². The van der Waals surface area contributed by atoms with Gasteiger partial charge in [0.25, 0.3) is 17.7 Å². The van der Waals surface area contributed by atoms with Crippen molar-refractivity contribution in [1.29, 1.82) is 0 Å². The van der Waals surface area contributed by atoms with Gasteiger partial charge in [-0.25, -0.2) is 0 Å². The number of hydrogen-bond acceptors (Lipinski definition) is 11. The summed E-state index contributed by atoms with van der Waals surface area (Å²) in [5.74, 6) is -2.73. The van der Waals surface area contributed by atoms with Gasteiger partial charge in [0.15, 0.2) is 0 Å². The first-order valence-electron chi connectivity index (χ1n) is 8.04. The third-order valence-electron chi connectivity index (χ3n) is 3.31. The molecule has 0 aromatic carbocycles. The Bertz CT molecular complexity index is 499. The lowest BCUT2D eigenvalue weighted by molar-refractivity contribution is -0.120. The van der Waals surface area contributed by atoms with Gasteiger partial charge in [0, 0.05) is 15.5 Å². The summed E-state index contributed by atoms with van der Waals surface area (Å²) in [6, 6.07) is 0. The second-order valence-electron chi connectivity index (χ2n) is 5.65. The standard InChI is InChI=1S/C14H20N4O10/c19-11(16-23)1-4-26-8-14(7-15-22,9-27-5-2-12(20)17-24)10-28-6-3-13(21)18-25/h1-10H2. The molecule has 0 aliphatic rings. The van der Waals surface area contributed by atoms with Crippen LogP contribution in [0.4, 0.5) is 0 Å². The molecular weight excluding hydrogens is 384 g/mol. The molecule has 0 saturated heterocycles. The highest BCUT2D eigenvalue weighted by Crippen LogP contribution is 2.21. The molecule has 0 saturated carbocycles. The lowest BCUT2D eigenvalue weighted by Gasteiger charge is -2.30. The molecule has 0 rings (SSSR count). The van der Waals surface area contributed by atoms with Gasteiger partial charge < -0.3 is 14.2 Å². The minimum atomic E-state index is -1.14. The van der Waals surface area contributed by atoms with Crippen LogP contribution in [0.25, 0.3) is 0 Å². The molecule has 0 fully saturated rings. The van der Waals surface area contributed by atoms with Gasteiger partial charge in [-0.1, -0.05) is 5.18 Å². The molecule has 0 N–H and O–H groups in total. The Morgan fingerprint density at radius 3 is 1.18 bits per heavy atom. The SMILES string of the molecule is O=NCC(COCCC(=O)N=O)(COCCC(=O)N=O)COCCC(=O)N=O. The maximum atomic E-state index is 10.9. The van der Waals surface area contributed by atoms with Gasteiger partial charge in [0.2, 0.25) is 0 Å². The van der Waals surface area contributed by atoms with Crippen molar-refractivity contribution in [2.75, 3.05) is 46.2 Å². The van der Waals surface area contributed by atoms with Gasteiger partial charge in [0.1, 0.15) is 0 Å². The molecule has 0 aromatic heterocycles. The lowest BCUT2D eigenvalue weighted by atomic mass is 9.91. The quantitative estimate of drug-likeness (QED) is 0.247. The van der Waals surface area contributed by atoms with E-state index >= 15 is 0 Å². The van der Waals surface area contributed by atoms with Crippen molar-refractivity contribution in [1.82, 2.24) is 0 Å². The second-order valence-corrected chi connectivity index (χ2v) is 5.65. The van der Waals surface area contributed by atoms with Crippen LogP contribution in [0.3, 0.4) is 0 Å². The molecule has 0 spiro atoms. The van der Waals surface area contributed by atoms with E-state index in [2.05, 4.69) is 20.7 Å². The van der Waals surface area contributed by atoms with Crippen molar-refractivity contribution in [3.05, 3.63) is 19.6 Å². The van der Waals surface area contributed by atoms with E-state index in [9.17, 15) is 34.0 Å². The van der Waals surface area contributed by atoms with Gasteiger partial charge >= 0.3 is 0 Å². The Kier molecular flexibility index (Phi) is 13.9. The van der Waals surface area contributed by atoms with Gasteiger partial charge in [-0.15, -0.1) is 14.7 Å². The summed E-state index contributed by atoms with van der Waals surface area (Å²) in [7, 11) is 0. The normalized spacial score (nSPS) is 10.9. The number of ether oxygens (including phenoxy) is 3. The largest absolute Gasteiger partial charge is 0.380 e. The number of nitroso groups, excluding NO2 is 4. The Labute approximate surface area is 158 Å². The van der Waals surface area contributed by atoms with Crippen LogP contribution >= 0.6 is 0 Å². The first-order chi connectivity index (χ1) is 13.4. The summed E-state index contributed by atoms with van der Waals surface area (Å²) < 4.78 is 15.8. The maximum absolute atomic E-state index is 10.9. The highest BCUT2D eigenvalue weighted by Gasteiger charge is 2.33. The molecule has 3 amide bonds. The number of carbonyl (C=O) groups is 3. The molecule has 0 aromatic rings. The molecule has 0 unspecified atom stereocenters. The minimum Gasteiger partial charge on any atom is -0.380 e. The smallest absolute Gasteiger partial charge is 0.288 e. The van der Waals surface area contributed by atoms with Crippen molar-refractivity contribution in [2.24, 2.45) is 26.1 Å². The third kappa shape index (κ3) is 11.8. The fourth-order valence-electron chi connectivity index (χ4n) is 1.88. The molecule has 0 aliphatic carbocycles. The van der Waals surface area contributed by atoms with E-state index in [1.165, 1.54) is 0 Å². The Balaban J connectivity index is 4.78. The predicted molar refractivity (Wildman–Crippen MR) is 91.8 cm³/mol. The molecule has 0 radical (unpaired) electrons. The molecule has 0 heterocycles. The van der Waals surface area contributed by atoms with Crippen molar-refractivity contribution in [2.45, 2.75) is 19.3 Å². The van der Waals surface area contributed by atoms with E-state index in [0.29, 0.717) is 0 Å². The first-order valence-corrected chi connectivity index (χ1v) is 8.04. The number of carbonyl (C=O) groups excluding carboxylic acids is 3. The summed E-state index contributed by atoms with van der Waals surface area (Å²) in [4.78, 5) is 73.5. The number of hydrogen-bond donors (Lipinski definition) is 0. The predicted octanol–water partition coefficient (Wildman–Crippen LogP) is 0.838. The molecule has 14 heteroatoms. The molecular formula is C14H20N4O10. The van der Waals surface area contributed by atoms with E-state index in [1.807, 2.05) is 0 Å². The minimum absolute atomic E-state index is 0.160. The van der Waals surface area contributed by atoms with Gasteiger partial charge in [-0.2, -0.15) is 4.91 Å². The Morgan fingerprint density at radius 1 is 0.607 bits per heavy atom. The van der Waals surface area contributed by atoms with Crippen LogP contribution < -0.4 is 0 Å². The van der Waals surface area contributed by atoms with Crippen LogP contribution in [-0.2, 0) is 28.6 Å². The van der Waals surface area contributed by atoms with E-state index in [-0.39, 0.29) is 65.4 Å². The van der Waals surface area contributed by atoms with Crippen molar-refractivity contribution in [3.8, 4) is 0 Å². The fraction of sp³-hybridized carbons (Fsp3) is 0.786. The highest BCUT2D eigenvalue weighted by molar-refractivity contribution is 5.77. The molecule has 28 heavy (non-hydrogen) atoms. The van der Waals surface area contributed by atoms with Crippen LogP contribution in [-0.4, -0.2) is 63.9 Å². The van der Waals surface area contributed by atoms with Gasteiger partial charge in [-0.3, -0.25) is 14.4 Å². The molecule has 14 nitrogen and oxygen atoms in total. The highest BCUT2D eigenvalue weighted by atomic mass is 16.5. The third-order valence-corrected chi connectivity index (χ3v) is 3.31. The Hall–Kier alpha value is -2.71. The van der Waals surface area contributed by atoms with E-state index in [4.69, 9.17) is 14.2 Å². The zero-order valence-corrected chi connectivity index (χ0v) is 14.9. The monoisotopic (exact) mass is 404 g/mol. The summed E-state index contributed by atoms with van der Waals surface area (Å²) >= 11 is 0. The van der Waals surface area contributed by atoms with Crippen LogP contribution in [0, 0.1) is 25.0 Å². The van der Waals surface area contributed by atoms with Crippen LogP contribution in [0.1, 0.15) is 19.3 Å². The number of nitrogens with zero attached hydrogens (tertiary/aromatic N) is 4. The summed E-state index contributed by atoms with van der Waals surface area (Å²) in [5, 5.41) is 9.43. The topological polar surface area (TPSA) is 197 Å². The van der Waals surface area contributed by atoms with Crippen LogP contribution in [0.15, 0.2) is 20.7 Å². The number of amides is 3. The summed E-state index contributed by atoms with van der Waals surface area (Å²) in [6.07, 6.45) is -0.807. The molecule has 0 aliphatic heterocycles.